The van der Waals surface area contributed by atoms with Crippen LogP contribution in [-0.4, -0.2) is 32.0 Å². The maximum absolute atomic E-state index is 15.2. The molecule has 0 atom stereocenters. The zero-order chi connectivity index (χ0) is 29.2. The molecule has 0 amide bonds. The van der Waals surface area contributed by atoms with Gasteiger partial charge in [0.1, 0.15) is 23.3 Å². The molecule has 0 spiro atoms. The summed E-state index contributed by atoms with van der Waals surface area (Å²) in [7, 11) is 0. The molecule has 0 bridgehead atoms. The Hall–Kier alpha value is -4.13. The largest absolute Gasteiger partial charge is 0.372 e. The fourth-order valence-corrected chi connectivity index (χ4v) is 6.16. The summed E-state index contributed by atoms with van der Waals surface area (Å²) in [5.41, 5.74) is 3.05. The van der Waals surface area contributed by atoms with Crippen molar-refractivity contribution in [3.8, 4) is 22.3 Å². The Morgan fingerprint density at radius 2 is 0.881 bits per heavy atom. The predicted molar refractivity (Wildman–Crippen MR) is 159 cm³/mol. The lowest BCUT2D eigenvalue weighted by atomic mass is 9.88. The molecule has 4 aromatic carbocycles. The van der Waals surface area contributed by atoms with Crippen LogP contribution in [0.5, 0.6) is 0 Å². The second kappa shape index (κ2) is 12.0. The molecule has 6 rings (SSSR count). The van der Waals surface area contributed by atoms with Gasteiger partial charge >= 0.3 is 0 Å². The Morgan fingerprint density at radius 3 is 1.26 bits per heavy atom. The van der Waals surface area contributed by atoms with Gasteiger partial charge < -0.3 is 9.80 Å². The topological polar surface area (TPSA) is 23.6 Å². The summed E-state index contributed by atoms with van der Waals surface area (Å²) in [6.45, 7) is 3.41. The van der Waals surface area contributed by atoms with Crippen LogP contribution in [0.1, 0.15) is 54.4 Å². The van der Waals surface area contributed by atoms with E-state index in [0.717, 1.165) is 88.2 Å². The van der Waals surface area contributed by atoms with E-state index in [4.69, 9.17) is 0 Å². The number of anilines is 2. The highest BCUT2D eigenvalue weighted by atomic mass is 19.1. The lowest BCUT2D eigenvalue weighted by molar-refractivity contribution is 0.104. The first-order chi connectivity index (χ1) is 20.4. The molecule has 2 aliphatic heterocycles. The molecule has 0 N–H and O–H groups in total. The third-order valence-electron chi connectivity index (χ3n) is 8.38. The first-order valence-electron chi connectivity index (χ1n) is 14.6. The second-order valence-electron chi connectivity index (χ2n) is 11.1. The summed E-state index contributed by atoms with van der Waals surface area (Å²) >= 11 is 0. The standard InChI is InChI=1S/C35H32F4N2O/c36-23-7-11-27(33(38)19-23)31-21-25(40-15-3-1-4-16-40)9-13-29(31)35(42)30-14-10-26(41-17-5-2-6-18-41)22-32(30)28-12-8-24(37)20-34(28)39/h7-14,19-22H,1-6,15-18H2. The first-order valence-corrected chi connectivity index (χ1v) is 14.6. The highest BCUT2D eigenvalue weighted by Gasteiger charge is 2.25. The number of benzene rings is 4. The van der Waals surface area contributed by atoms with Crippen molar-refractivity contribution >= 4 is 17.2 Å². The van der Waals surface area contributed by atoms with Crippen LogP contribution in [0.2, 0.25) is 0 Å². The number of halogens is 4. The van der Waals surface area contributed by atoms with Crippen molar-refractivity contribution in [2.75, 3.05) is 36.0 Å². The average Bonchev–Trinajstić information content (AvgIpc) is 3.01. The Labute approximate surface area is 243 Å². The molecule has 0 unspecified atom stereocenters. The summed E-state index contributed by atoms with van der Waals surface area (Å²) in [5.74, 6) is -3.39. The third kappa shape index (κ3) is 5.65. The van der Waals surface area contributed by atoms with Crippen LogP contribution in [0.25, 0.3) is 22.3 Å². The van der Waals surface area contributed by atoms with E-state index < -0.39 is 29.1 Å². The molecule has 0 aliphatic carbocycles. The maximum atomic E-state index is 15.2. The highest BCUT2D eigenvalue weighted by Crippen LogP contribution is 2.37. The van der Waals surface area contributed by atoms with Crippen molar-refractivity contribution < 1.29 is 22.4 Å². The normalized spacial score (nSPS) is 15.6. The van der Waals surface area contributed by atoms with Gasteiger partial charge in [0.15, 0.2) is 5.78 Å². The van der Waals surface area contributed by atoms with Crippen molar-refractivity contribution in [1.82, 2.24) is 0 Å². The summed E-state index contributed by atoms with van der Waals surface area (Å²) in [5, 5.41) is 0. The molecule has 3 nitrogen and oxygen atoms in total. The number of rotatable bonds is 6. The van der Waals surface area contributed by atoms with E-state index in [-0.39, 0.29) is 22.3 Å². The molecule has 216 valence electrons. The van der Waals surface area contributed by atoms with Gasteiger partial charge in [-0.3, -0.25) is 4.79 Å². The Balaban J connectivity index is 1.50. The lowest BCUT2D eigenvalue weighted by Crippen LogP contribution is -2.29. The van der Waals surface area contributed by atoms with Crippen LogP contribution in [0.4, 0.5) is 28.9 Å². The molecule has 7 heteroatoms. The van der Waals surface area contributed by atoms with Gasteiger partial charge in [0.25, 0.3) is 0 Å². The van der Waals surface area contributed by atoms with Crippen molar-refractivity contribution in [3.63, 3.8) is 0 Å². The summed E-state index contributed by atoms with van der Waals surface area (Å²) in [6, 6.07) is 17.3. The Bertz CT molecular complexity index is 1500. The smallest absolute Gasteiger partial charge is 0.194 e. The molecule has 42 heavy (non-hydrogen) atoms. The first kappa shape index (κ1) is 28.0. The van der Waals surface area contributed by atoms with Crippen LogP contribution in [0.15, 0.2) is 72.8 Å². The number of nitrogens with zero attached hydrogens (tertiary/aromatic N) is 2. The number of hydrogen-bond acceptors (Lipinski definition) is 3. The average molecular weight is 573 g/mol. The van der Waals surface area contributed by atoms with Crippen LogP contribution in [-0.2, 0) is 0 Å². The summed E-state index contributed by atoms with van der Waals surface area (Å²) in [6.07, 6.45) is 6.44. The molecule has 4 aromatic rings. The van der Waals surface area contributed by atoms with E-state index in [1.165, 1.54) is 24.3 Å². The van der Waals surface area contributed by atoms with Gasteiger partial charge in [-0.2, -0.15) is 0 Å². The minimum absolute atomic E-state index is 0.109. The van der Waals surface area contributed by atoms with E-state index in [0.29, 0.717) is 11.1 Å². The van der Waals surface area contributed by atoms with Crippen molar-refractivity contribution in [1.29, 1.82) is 0 Å². The lowest BCUT2D eigenvalue weighted by Gasteiger charge is -2.30. The number of piperidine rings is 2. The van der Waals surface area contributed by atoms with Crippen LogP contribution >= 0.6 is 0 Å². The molecule has 0 radical (unpaired) electrons. The van der Waals surface area contributed by atoms with Gasteiger partial charge in [0.05, 0.1) is 0 Å². The van der Waals surface area contributed by atoms with E-state index in [1.807, 2.05) is 12.1 Å². The number of carbonyl (C=O) groups is 1. The molecule has 2 aliphatic rings. The molecular weight excluding hydrogens is 540 g/mol. The molecule has 0 saturated carbocycles. The fourth-order valence-electron chi connectivity index (χ4n) is 6.16. The van der Waals surface area contributed by atoms with Crippen LogP contribution in [0, 0.1) is 23.3 Å². The fraction of sp³-hybridized carbons (Fsp3) is 0.286. The second-order valence-corrected chi connectivity index (χ2v) is 11.1. The van der Waals surface area contributed by atoms with Crippen LogP contribution in [0.3, 0.4) is 0 Å². The van der Waals surface area contributed by atoms with E-state index in [2.05, 4.69) is 9.80 Å². The third-order valence-corrected chi connectivity index (χ3v) is 8.38. The zero-order valence-corrected chi connectivity index (χ0v) is 23.3. The minimum Gasteiger partial charge on any atom is -0.372 e. The van der Waals surface area contributed by atoms with E-state index in [9.17, 15) is 13.6 Å². The van der Waals surface area contributed by atoms with Crippen molar-refractivity contribution in [2.24, 2.45) is 0 Å². The monoisotopic (exact) mass is 572 g/mol. The molecule has 2 saturated heterocycles. The van der Waals surface area contributed by atoms with E-state index in [1.54, 1.807) is 24.3 Å². The van der Waals surface area contributed by atoms with Gasteiger partial charge in [-0.1, -0.05) is 0 Å². The highest BCUT2D eigenvalue weighted by molar-refractivity contribution is 6.16. The van der Waals surface area contributed by atoms with Crippen LogP contribution < -0.4 is 9.80 Å². The minimum atomic E-state index is -0.773. The molecular formula is C35H32F4N2O. The molecule has 0 aromatic heterocycles. The SMILES string of the molecule is O=C(c1ccc(N2CCCCC2)cc1-c1ccc(F)cc1F)c1ccc(N2CCCCC2)cc1-c1ccc(F)cc1F. The van der Waals surface area contributed by atoms with Gasteiger partial charge in [0, 0.05) is 71.9 Å². The Kier molecular flexibility index (Phi) is 8.00. The maximum Gasteiger partial charge on any atom is 0.194 e. The quantitative estimate of drug-likeness (QED) is 0.170. The van der Waals surface area contributed by atoms with Crippen molar-refractivity contribution in [3.05, 3.63) is 107 Å². The van der Waals surface area contributed by atoms with Gasteiger partial charge in [-0.05, 0) is 110 Å². The summed E-state index contributed by atoms with van der Waals surface area (Å²) < 4.78 is 58.1. The molecule has 2 heterocycles. The number of carbonyl (C=O) groups excluding carboxylic acids is 1. The van der Waals surface area contributed by atoms with Gasteiger partial charge in [-0.15, -0.1) is 0 Å². The number of ketones is 1. The van der Waals surface area contributed by atoms with E-state index >= 15 is 8.78 Å². The van der Waals surface area contributed by atoms with Gasteiger partial charge in [-0.25, -0.2) is 17.6 Å². The summed E-state index contributed by atoms with van der Waals surface area (Å²) in [4.78, 5) is 18.8. The van der Waals surface area contributed by atoms with Crippen molar-refractivity contribution in [2.45, 2.75) is 38.5 Å². The van der Waals surface area contributed by atoms with Gasteiger partial charge in [0.2, 0.25) is 0 Å². The predicted octanol–water partition coefficient (Wildman–Crippen LogP) is 8.79. The molecule has 2 fully saturated rings. The zero-order valence-electron chi connectivity index (χ0n) is 23.3. The Morgan fingerprint density at radius 1 is 0.476 bits per heavy atom. The number of hydrogen-bond donors (Lipinski definition) is 0.